The number of amides is 1. The molecular weight excluding hydrogens is 322 g/mol. The lowest BCUT2D eigenvalue weighted by molar-refractivity contribution is -0.113. The molecule has 0 aliphatic carbocycles. The lowest BCUT2D eigenvalue weighted by Gasteiger charge is -2.18. The number of benzene rings is 2. The maximum Gasteiger partial charge on any atom is 0.270 e. The zero-order valence-electron chi connectivity index (χ0n) is 13.1. The van der Waals surface area contributed by atoms with Gasteiger partial charge in [-0.15, -0.1) is 0 Å². The Hall–Kier alpha value is -1.91. The van der Waals surface area contributed by atoms with E-state index in [0.717, 1.165) is 23.2 Å². The van der Waals surface area contributed by atoms with E-state index in [1.807, 2.05) is 55.5 Å². The van der Waals surface area contributed by atoms with E-state index in [4.69, 9.17) is 12.2 Å². The van der Waals surface area contributed by atoms with Crippen LogP contribution in [0.25, 0.3) is 6.08 Å². The van der Waals surface area contributed by atoms with Crippen molar-refractivity contribution in [3.05, 3.63) is 70.1 Å². The van der Waals surface area contributed by atoms with Crippen molar-refractivity contribution in [3.8, 4) is 0 Å². The van der Waals surface area contributed by atoms with Crippen LogP contribution < -0.4 is 4.90 Å². The summed E-state index contributed by atoms with van der Waals surface area (Å²) in [7, 11) is 0. The number of carbonyl (C=O) groups is 1. The minimum absolute atomic E-state index is 0.0394. The molecule has 2 aromatic carbocycles. The SMILES string of the molecule is CCc1ccccc1N1C(=O)C(=Cc2cccc(C)c2)SC1=S. The van der Waals surface area contributed by atoms with Crippen LogP contribution in [0.3, 0.4) is 0 Å². The normalized spacial score (nSPS) is 16.4. The number of hydrogen-bond donors (Lipinski definition) is 0. The molecule has 0 atom stereocenters. The fraction of sp³-hybridized carbons (Fsp3) is 0.158. The molecule has 1 fully saturated rings. The van der Waals surface area contributed by atoms with Crippen molar-refractivity contribution in [2.24, 2.45) is 0 Å². The summed E-state index contributed by atoms with van der Waals surface area (Å²) in [6, 6.07) is 16.0. The van der Waals surface area contributed by atoms with E-state index < -0.39 is 0 Å². The van der Waals surface area contributed by atoms with Gasteiger partial charge in [0.25, 0.3) is 5.91 Å². The standard InChI is InChI=1S/C19H17NOS2/c1-3-15-9-4-5-10-16(15)20-18(21)17(23-19(20)22)12-14-8-6-7-13(2)11-14/h4-12H,3H2,1-2H3. The summed E-state index contributed by atoms with van der Waals surface area (Å²) in [5.74, 6) is -0.0394. The number of nitrogens with zero attached hydrogens (tertiary/aromatic N) is 1. The van der Waals surface area contributed by atoms with Crippen molar-refractivity contribution in [1.82, 2.24) is 0 Å². The number of carbonyl (C=O) groups excluding carboxylic acids is 1. The largest absolute Gasteiger partial charge is 0.270 e. The summed E-state index contributed by atoms with van der Waals surface area (Å²) >= 11 is 6.82. The van der Waals surface area contributed by atoms with Crippen molar-refractivity contribution in [2.45, 2.75) is 20.3 Å². The van der Waals surface area contributed by atoms with Crippen molar-refractivity contribution in [3.63, 3.8) is 0 Å². The Morgan fingerprint density at radius 3 is 2.70 bits per heavy atom. The van der Waals surface area contributed by atoms with Crippen LogP contribution in [-0.2, 0) is 11.2 Å². The van der Waals surface area contributed by atoms with Crippen LogP contribution >= 0.6 is 24.0 Å². The molecule has 0 aromatic heterocycles. The molecule has 0 unspecified atom stereocenters. The summed E-state index contributed by atoms with van der Waals surface area (Å²) in [6.07, 6.45) is 2.78. The molecule has 1 saturated heterocycles. The van der Waals surface area contributed by atoms with Crippen molar-refractivity contribution in [2.75, 3.05) is 4.90 Å². The van der Waals surface area contributed by atoms with Gasteiger partial charge in [-0.2, -0.15) is 0 Å². The number of thioether (sulfide) groups is 1. The molecule has 23 heavy (non-hydrogen) atoms. The van der Waals surface area contributed by atoms with Crippen LogP contribution in [-0.4, -0.2) is 10.2 Å². The Morgan fingerprint density at radius 2 is 1.96 bits per heavy atom. The number of rotatable bonds is 3. The molecule has 2 nitrogen and oxygen atoms in total. The fourth-order valence-electron chi connectivity index (χ4n) is 2.61. The van der Waals surface area contributed by atoms with Crippen LogP contribution in [0.1, 0.15) is 23.6 Å². The average Bonchev–Trinajstić information content (AvgIpc) is 2.81. The van der Waals surface area contributed by atoms with E-state index in [-0.39, 0.29) is 5.91 Å². The molecule has 0 spiro atoms. The number of hydrogen-bond acceptors (Lipinski definition) is 3. The first-order valence-corrected chi connectivity index (χ1v) is 8.75. The van der Waals surface area contributed by atoms with Gasteiger partial charge in [0.1, 0.15) is 0 Å². The van der Waals surface area contributed by atoms with Gasteiger partial charge < -0.3 is 0 Å². The topological polar surface area (TPSA) is 20.3 Å². The van der Waals surface area contributed by atoms with E-state index in [1.165, 1.54) is 17.3 Å². The molecule has 1 aliphatic rings. The highest BCUT2D eigenvalue weighted by Crippen LogP contribution is 2.37. The van der Waals surface area contributed by atoms with E-state index in [9.17, 15) is 4.79 Å². The third kappa shape index (κ3) is 3.23. The van der Waals surface area contributed by atoms with Gasteiger partial charge in [0, 0.05) is 0 Å². The van der Waals surface area contributed by atoms with Crippen molar-refractivity contribution >= 4 is 46.0 Å². The van der Waals surface area contributed by atoms with Gasteiger partial charge in [-0.25, -0.2) is 0 Å². The van der Waals surface area contributed by atoms with Gasteiger partial charge in [0.05, 0.1) is 10.6 Å². The van der Waals surface area contributed by atoms with Crippen LogP contribution in [0, 0.1) is 6.92 Å². The Balaban J connectivity index is 1.97. The molecule has 2 aromatic rings. The molecule has 1 aliphatic heterocycles. The molecule has 1 heterocycles. The molecule has 0 radical (unpaired) electrons. The zero-order valence-corrected chi connectivity index (χ0v) is 14.7. The molecule has 0 saturated carbocycles. The summed E-state index contributed by atoms with van der Waals surface area (Å²) in [5.41, 5.74) is 4.21. The predicted octanol–water partition coefficient (Wildman–Crippen LogP) is 4.96. The lowest BCUT2D eigenvalue weighted by atomic mass is 10.1. The molecule has 0 bridgehead atoms. The third-order valence-electron chi connectivity index (χ3n) is 3.75. The fourth-order valence-corrected chi connectivity index (χ4v) is 3.90. The smallest absolute Gasteiger partial charge is 0.268 e. The number of anilines is 1. The highest BCUT2D eigenvalue weighted by atomic mass is 32.2. The lowest BCUT2D eigenvalue weighted by Crippen LogP contribution is -2.28. The second kappa shape index (κ2) is 6.69. The number of para-hydroxylation sites is 1. The first-order chi connectivity index (χ1) is 11.1. The molecular formula is C19H17NOS2. The zero-order chi connectivity index (χ0) is 16.4. The Bertz CT molecular complexity index is 811. The second-order valence-electron chi connectivity index (χ2n) is 5.41. The molecule has 1 amide bonds. The molecule has 0 N–H and O–H groups in total. The van der Waals surface area contributed by atoms with Gasteiger partial charge in [0.2, 0.25) is 0 Å². The molecule has 3 rings (SSSR count). The summed E-state index contributed by atoms with van der Waals surface area (Å²) in [5, 5.41) is 0. The van der Waals surface area contributed by atoms with Crippen LogP contribution in [0.2, 0.25) is 0 Å². The Kier molecular flexibility index (Phi) is 4.64. The summed E-state index contributed by atoms with van der Waals surface area (Å²) < 4.78 is 0.592. The first kappa shape index (κ1) is 16.0. The van der Waals surface area contributed by atoms with Crippen molar-refractivity contribution < 1.29 is 4.79 Å². The van der Waals surface area contributed by atoms with Gasteiger partial charge in [-0.1, -0.05) is 78.9 Å². The predicted molar refractivity (Wildman–Crippen MR) is 103 cm³/mol. The maximum atomic E-state index is 12.8. The maximum absolute atomic E-state index is 12.8. The van der Waals surface area contributed by atoms with Gasteiger partial charge >= 0.3 is 0 Å². The highest BCUT2D eigenvalue weighted by Gasteiger charge is 2.34. The Labute approximate surface area is 146 Å². The van der Waals surface area contributed by atoms with E-state index in [0.29, 0.717) is 9.23 Å². The monoisotopic (exact) mass is 339 g/mol. The summed E-state index contributed by atoms with van der Waals surface area (Å²) in [6.45, 7) is 4.12. The van der Waals surface area contributed by atoms with Crippen molar-refractivity contribution in [1.29, 1.82) is 0 Å². The second-order valence-corrected chi connectivity index (χ2v) is 7.09. The molecule has 116 valence electrons. The summed E-state index contributed by atoms with van der Waals surface area (Å²) in [4.78, 5) is 15.1. The number of thiocarbonyl (C=S) groups is 1. The first-order valence-electron chi connectivity index (χ1n) is 7.52. The third-order valence-corrected chi connectivity index (χ3v) is 5.05. The minimum Gasteiger partial charge on any atom is -0.268 e. The quantitative estimate of drug-likeness (QED) is 0.582. The Morgan fingerprint density at radius 1 is 1.17 bits per heavy atom. The van der Waals surface area contributed by atoms with E-state index >= 15 is 0 Å². The van der Waals surface area contributed by atoms with Gasteiger partial charge in [-0.3, -0.25) is 9.69 Å². The number of aryl methyl sites for hydroxylation is 2. The van der Waals surface area contributed by atoms with Gasteiger partial charge in [0.15, 0.2) is 4.32 Å². The van der Waals surface area contributed by atoms with Crippen LogP contribution in [0.15, 0.2) is 53.4 Å². The molecule has 4 heteroatoms. The van der Waals surface area contributed by atoms with Gasteiger partial charge in [-0.05, 0) is 36.6 Å². The van der Waals surface area contributed by atoms with E-state index in [2.05, 4.69) is 13.0 Å². The van der Waals surface area contributed by atoms with E-state index in [1.54, 1.807) is 4.90 Å². The van der Waals surface area contributed by atoms with Crippen LogP contribution in [0.5, 0.6) is 0 Å². The highest BCUT2D eigenvalue weighted by molar-refractivity contribution is 8.27. The van der Waals surface area contributed by atoms with Crippen LogP contribution in [0.4, 0.5) is 5.69 Å². The minimum atomic E-state index is -0.0394. The average molecular weight is 339 g/mol.